The maximum absolute atomic E-state index is 12.8. The van der Waals surface area contributed by atoms with Crippen molar-refractivity contribution in [2.24, 2.45) is 0 Å². The summed E-state index contributed by atoms with van der Waals surface area (Å²) in [7, 11) is 0. The lowest BCUT2D eigenvalue weighted by molar-refractivity contribution is 0.0616. The molecule has 0 spiro atoms. The van der Waals surface area contributed by atoms with Crippen LogP contribution < -0.4 is 0 Å². The molecule has 1 aliphatic carbocycles. The maximum atomic E-state index is 12.8. The molecule has 1 aliphatic heterocycles. The van der Waals surface area contributed by atoms with Crippen molar-refractivity contribution >= 4 is 28.6 Å². The summed E-state index contributed by atoms with van der Waals surface area (Å²) in [5.41, 5.74) is 0. The van der Waals surface area contributed by atoms with Crippen LogP contribution in [0.1, 0.15) is 63.8 Å². The molecule has 1 saturated heterocycles. The summed E-state index contributed by atoms with van der Waals surface area (Å²) in [6.45, 7) is 0.833. The quantitative estimate of drug-likeness (QED) is 0.863. The normalized spacial score (nSPS) is 22.5. The van der Waals surface area contributed by atoms with Crippen LogP contribution in [0.2, 0.25) is 0 Å². The van der Waals surface area contributed by atoms with Crippen molar-refractivity contribution in [2.45, 2.75) is 44.1 Å². The summed E-state index contributed by atoms with van der Waals surface area (Å²) < 4.78 is 0. The minimum atomic E-state index is 0.138. The Labute approximate surface area is 131 Å². The highest BCUT2D eigenvalue weighted by molar-refractivity contribution is 7.13. The van der Waals surface area contributed by atoms with Gasteiger partial charge in [0, 0.05) is 24.0 Å². The number of piperidine rings is 1. The van der Waals surface area contributed by atoms with Crippen molar-refractivity contribution in [3.05, 3.63) is 32.7 Å². The number of carbonyl (C=O) groups is 1. The largest absolute Gasteiger partial charge is 0.328 e. The number of likely N-dealkylation sites (tertiary alicyclic amines) is 1. The van der Waals surface area contributed by atoms with Crippen LogP contribution in [0.3, 0.4) is 0 Å². The first-order valence-electron chi connectivity index (χ1n) is 7.49. The second-order valence-electron chi connectivity index (χ2n) is 5.72. The number of nitrogens with zero attached hydrogens (tertiary/aromatic N) is 3. The van der Waals surface area contributed by atoms with Gasteiger partial charge in [0.05, 0.1) is 17.2 Å². The molecule has 21 heavy (non-hydrogen) atoms. The second kappa shape index (κ2) is 5.50. The summed E-state index contributed by atoms with van der Waals surface area (Å²) in [5, 5.41) is 4.20. The van der Waals surface area contributed by atoms with E-state index < -0.39 is 0 Å². The third kappa shape index (κ3) is 2.62. The fraction of sp³-hybridized carbons (Fsp3) is 0.533. The Morgan fingerprint density at radius 2 is 2.10 bits per heavy atom. The molecule has 2 aromatic heterocycles. The van der Waals surface area contributed by atoms with Crippen molar-refractivity contribution in [3.8, 4) is 0 Å². The van der Waals surface area contributed by atoms with Gasteiger partial charge < -0.3 is 4.90 Å². The second-order valence-corrected chi connectivity index (χ2v) is 7.71. The molecule has 6 heteroatoms. The zero-order valence-electron chi connectivity index (χ0n) is 11.7. The topological polar surface area (TPSA) is 46.1 Å². The van der Waals surface area contributed by atoms with E-state index in [9.17, 15) is 4.79 Å². The third-order valence-corrected chi connectivity index (χ3v) is 6.19. The van der Waals surface area contributed by atoms with Crippen molar-refractivity contribution < 1.29 is 4.79 Å². The summed E-state index contributed by atoms with van der Waals surface area (Å²) in [6.07, 6.45) is 9.34. The number of amides is 1. The minimum absolute atomic E-state index is 0.138. The lowest BCUT2D eigenvalue weighted by Gasteiger charge is -2.34. The van der Waals surface area contributed by atoms with Crippen molar-refractivity contribution in [1.82, 2.24) is 14.9 Å². The molecule has 110 valence electrons. The molecular weight excluding hydrogens is 302 g/mol. The van der Waals surface area contributed by atoms with Crippen LogP contribution in [-0.4, -0.2) is 27.3 Å². The van der Waals surface area contributed by atoms with E-state index in [1.165, 1.54) is 19.3 Å². The Kier molecular flexibility index (Phi) is 3.51. The Balaban J connectivity index is 1.58. The molecule has 2 aliphatic rings. The van der Waals surface area contributed by atoms with Crippen LogP contribution >= 0.6 is 22.7 Å². The molecule has 0 aromatic carbocycles. The fourth-order valence-electron chi connectivity index (χ4n) is 2.88. The van der Waals surface area contributed by atoms with E-state index in [2.05, 4.69) is 9.97 Å². The predicted octanol–water partition coefficient (Wildman–Crippen LogP) is 3.84. The molecule has 0 radical (unpaired) electrons. The Hall–Kier alpha value is -1.27. The Morgan fingerprint density at radius 1 is 1.19 bits per heavy atom. The highest BCUT2D eigenvalue weighted by Crippen LogP contribution is 2.42. The first-order valence-corrected chi connectivity index (χ1v) is 9.18. The van der Waals surface area contributed by atoms with Crippen LogP contribution in [0.15, 0.2) is 17.8 Å². The number of rotatable bonds is 3. The number of hydrogen-bond acceptors (Lipinski definition) is 5. The molecular formula is C15H17N3OS2. The highest BCUT2D eigenvalue weighted by Gasteiger charge is 2.33. The van der Waals surface area contributed by atoms with Crippen LogP contribution in [0.25, 0.3) is 0 Å². The molecule has 4 nitrogen and oxygen atoms in total. The van der Waals surface area contributed by atoms with Crippen molar-refractivity contribution in [1.29, 1.82) is 0 Å². The van der Waals surface area contributed by atoms with Gasteiger partial charge in [-0.15, -0.1) is 22.7 Å². The molecule has 2 fully saturated rings. The van der Waals surface area contributed by atoms with Gasteiger partial charge in [-0.1, -0.05) is 0 Å². The number of carbonyl (C=O) groups excluding carboxylic acids is 1. The number of thiazole rings is 2. The van der Waals surface area contributed by atoms with Gasteiger partial charge in [0.2, 0.25) is 0 Å². The molecule has 4 rings (SSSR count). The fourth-order valence-corrected chi connectivity index (χ4v) is 4.71. The first kappa shape index (κ1) is 13.4. The lowest BCUT2D eigenvalue weighted by atomic mass is 10.0. The zero-order chi connectivity index (χ0) is 14.2. The Morgan fingerprint density at radius 3 is 2.86 bits per heavy atom. The smallest absolute Gasteiger partial charge is 0.266 e. The summed E-state index contributed by atoms with van der Waals surface area (Å²) in [5.74, 6) is 0.756. The van der Waals surface area contributed by atoms with Gasteiger partial charge in [0.1, 0.15) is 9.88 Å². The van der Waals surface area contributed by atoms with Gasteiger partial charge >= 0.3 is 0 Å². The van der Waals surface area contributed by atoms with Gasteiger partial charge in [-0.3, -0.25) is 4.79 Å². The van der Waals surface area contributed by atoms with E-state index in [0.29, 0.717) is 5.92 Å². The van der Waals surface area contributed by atoms with Gasteiger partial charge in [0.25, 0.3) is 5.91 Å². The standard InChI is InChI=1S/C15H17N3OS2/c19-15(12-9-17-13(21-12)10-4-5-10)18-7-2-1-3-11(18)14-16-6-8-20-14/h6,8-11H,1-5,7H2. The zero-order valence-corrected chi connectivity index (χ0v) is 13.3. The minimum Gasteiger partial charge on any atom is -0.328 e. The maximum Gasteiger partial charge on any atom is 0.266 e. The summed E-state index contributed by atoms with van der Waals surface area (Å²) in [6, 6.07) is 0.151. The van der Waals surface area contributed by atoms with E-state index >= 15 is 0 Å². The molecule has 1 amide bonds. The molecule has 1 unspecified atom stereocenters. The monoisotopic (exact) mass is 319 g/mol. The highest BCUT2D eigenvalue weighted by atomic mass is 32.1. The van der Waals surface area contributed by atoms with E-state index in [1.807, 2.05) is 16.5 Å². The third-order valence-electron chi connectivity index (χ3n) is 4.16. The average Bonchev–Trinajstić information content (AvgIpc) is 3.05. The van der Waals surface area contributed by atoms with Gasteiger partial charge in [-0.2, -0.15) is 0 Å². The Bertz CT molecular complexity index is 633. The van der Waals surface area contributed by atoms with E-state index in [4.69, 9.17) is 0 Å². The molecule has 3 heterocycles. The molecule has 0 N–H and O–H groups in total. The van der Waals surface area contributed by atoms with Gasteiger partial charge in [-0.25, -0.2) is 9.97 Å². The van der Waals surface area contributed by atoms with E-state index in [-0.39, 0.29) is 11.9 Å². The number of aromatic nitrogens is 2. The van der Waals surface area contributed by atoms with Crippen molar-refractivity contribution in [2.75, 3.05) is 6.54 Å². The molecule has 0 bridgehead atoms. The van der Waals surface area contributed by atoms with Crippen LogP contribution in [0.4, 0.5) is 0 Å². The first-order chi connectivity index (χ1) is 10.3. The van der Waals surface area contributed by atoms with Crippen molar-refractivity contribution in [3.63, 3.8) is 0 Å². The predicted molar refractivity (Wildman–Crippen MR) is 83.8 cm³/mol. The molecule has 2 aromatic rings. The van der Waals surface area contributed by atoms with Gasteiger partial charge in [0.15, 0.2) is 0 Å². The lowest BCUT2D eigenvalue weighted by Crippen LogP contribution is -2.38. The van der Waals surface area contributed by atoms with Crippen LogP contribution in [0.5, 0.6) is 0 Å². The SMILES string of the molecule is O=C(c1cnc(C2CC2)s1)N1CCCCC1c1nccs1. The average molecular weight is 319 g/mol. The summed E-state index contributed by atoms with van der Waals surface area (Å²) in [4.78, 5) is 24.5. The molecule has 1 atom stereocenters. The summed E-state index contributed by atoms with van der Waals surface area (Å²) >= 11 is 3.23. The van der Waals surface area contributed by atoms with Crippen LogP contribution in [0, 0.1) is 0 Å². The van der Waals surface area contributed by atoms with E-state index in [0.717, 1.165) is 34.3 Å². The molecule has 1 saturated carbocycles. The number of hydrogen-bond donors (Lipinski definition) is 0. The van der Waals surface area contributed by atoms with E-state index in [1.54, 1.807) is 28.9 Å². The van der Waals surface area contributed by atoms with Crippen LogP contribution in [-0.2, 0) is 0 Å². The van der Waals surface area contributed by atoms with Gasteiger partial charge in [-0.05, 0) is 32.1 Å².